The number of aromatic nitrogens is 4. The standard InChI is InChI=1S/C13H19N5/c1-9-7-5-6-8-12(9)11(3)18-13(10(2)14-4)15-16-17-18/h5-8,10-11,14H,1-4H3. The van der Waals surface area contributed by atoms with E-state index in [1.807, 2.05) is 30.8 Å². The average Bonchev–Trinajstić information content (AvgIpc) is 2.86. The van der Waals surface area contributed by atoms with Crippen LogP contribution >= 0.6 is 0 Å². The number of hydrogen-bond acceptors (Lipinski definition) is 4. The van der Waals surface area contributed by atoms with Crippen LogP contribution in [0.25, 0.3) is 0 Å². The average molecular weight is 245 g/mol. The van der Waals surface area contributed by atoms with Crippen LogP contribution in [0.1, 0.15) is 42.9 Å². The second-order valence-corrected chi connectivity index (χ2v) is 4.52. The van der Waals surface area contributed by atoms with Gasteiger partial charge in [-0.25, -0.2) is 4.68 Å². The Morgan fingerprint density at radius 3 is 2.61 bits per heavy atom. The normalized spacial score (nSPS) is 14.4. The van der Waals surface area contributed by atoms with Gasteiger partial charge in [-0.15, -0.1) is 5.10 Å². The number of nitrogens with one attached hydrogen (secondary N) is 1. The van der Waals surface area contributed by atoms with Crippen LogP contribution in [0, 0.1) is 6.92 Å². The van der Waals surface area contributed by atoms with Crippen LogP contribution in [0.5, 0.6) is 0 Å². The Morgan fingerprint density at radius 1 is 1.22 bits per heavy atom. The van der Waals surface area contributed by atoms with E-state index >= 15 is 0 Å². The van der Waals surface area contributed by atoms with Gasteiger partial charge in [0.1, 0.15) is 0 Å². The molecule has 5 heteroatoms. The van der Waals surface area contributed by atoms with Gasteiger partial charge >= 0.3 is 0 Å². The molecule has 1 N–H and O–H groups in total. The molecule has 0 bridgehead atoms. The fourth-order valence-corrected chi connectivity index (χ4v) is 2.08. The third-order valence-electron chi connectivity index (χ3n) is 3.34. The minimum Gasteiger partial charge on any atom is -0.311 e. The first kappa shape index (κ1) is 12.7. The maximum Gasteiger partial charge on any atom is 0.168 e. The van der Waals surface area contributed by atoms with Crippen LogP contribution in [0.15, 0.2) is 24.3 Å². The van der Waals surface area contributed by atoms with E-state index in [1.165, 1.54) is 11.1 Å². The highest BCUT2D eigenvalue weighted by Crippen LogP contribution is 2.22. The van der Waals surface area contributed by atoms with E-state index in [1.54, 1.807) is 0 Å². The Morgan fingerprint density at radius 2 is 1.94 bits per heavy atom. The molecule has 1 aromatic heterocycles. The lowest BCUT2D eigenvalue weighted by Gasteiger charge is -2.18. The van der Waals surface area contributed by atoms with Crippen molar-refractivity contribution in [3.8, 4) is 0 Å². The quantitative estimate of drug-likeness (QED) is 0.893. The van der Waals surface area contributed by atoms with Crippen LogP contribution in [0.2, 0.25) is 0 Å². The van der Waals surface area contributed by atoms with Gasteiger partial charge in [0.05, 0.1) is 12.1 Å². The minimum atomic E-state index is 0.131. The number of rotatable bonds is 4. The molecule has 2 atom stereocenters. The molecular weight excluding hydrogens is 226 g/mol. The number of benzene rings is 1. The van der Waals surface area contributed by atoms with Gasteiger partial charge in [0.25, 0.3) is 0 Å². The monoisotopic (exact) mass is 245 g/mol. The predicted molar refractivity (Wildman–Crippen MR) is 70.3 cm³/mol. The van der Waals surface area contributed by atoms with Gasteiger partial charge < -0.3 is 5.32 Å². The number of nitrogens with zero attached hydrogens (tertiary/aromatic N) is 4. The summed E-state index contributed by atoms with van der Waals surface area (Å²) in [4.78, 5) is 0. The van der Waals surface area contributed by atoms with Gasteiger partial charge in [-0.1, -0.05) is 24.3 Å². The van der Waals surface area contributed by atoms with Gasteiger partial charge in [-0.3, -0.25) is 0 Å². The van der Waals surface area contributed by atoms with Crippen LogP contribution < -0.4 is 5.32 Å². The Bertz CT molecular complexity index is 520. The van der Waals surface area contributed by atoms with Crippen molar-refractivity contribution in [2.75, 3.05) is 7.05 Å². The molecule has 0 aliphatic heterocycles. The molecule has 0 aliphatic rings. The second kappa shape index (κ2) is 5.27. The zero-order valence-corrected chi connectivity index (χ0v) is 11.3. The van der Waals surface area contributed by atoms with Crippen molar-refractivity contribution in [1.82, 2.24) is 25.5 Å². The first-order valence-corrected chi connectivity index (χ1v) is 6.15. The highest BCUT2D eigenvalue weighted by Gasteiger charge is 2.19. The number of tetrazole rings is 1. The third-order valence-corrected chi connectivity index (χ3v) is 3.34. The molecule has 1 heterocycles. The molecule has 18 heavy (non-hydrogen) atoms. The smallest absolute Gasteiger partial charge is 0.168 e. The van der Waals surface area contributed by atoms with Crippen LogP contribution in [-0.2, 0) is 0 Å². The highest BCUT2D eigenvalue weighted by molar-refractivity contribution is 5.28. The number of aryl methyl sites for hydroxylation is 1. The fraction of sp³-hybridized carbons (Fsp3) is 0.462. The van der Waals surface area contributed by atoms with Crippen molar-refractivity contribution >= 4 is 0 Å². The number of hydrogen-bond donors (Lipinski definition) is 1. The lowest BCUT2D eigenvalue weighted by Crippen LogP contribution is -2.21. The van der Waals surface area contributed by atoms with Crippen molar-refractivity contribution in [1.29, 1.82) is 0 Å². The predicted octanol–water partition coefficient (Wildman–Crippen LogP) is 1.87. The zero-order chi connectivity index (χ0) is 13.1. The molecule has 2 rings (SSSR count). The molecule has 2 unspecified atom stereocenters. The second-order valence-electron chi connectivity index (χ2n) is 4.52. The van der Waals surface area contributed by atoms with Gasteiger partial charge in [0.2, 0.25) is 0 Å². The van der Waals surface area contributed by atoms with Crippen LogP contribution in [0.3, 0.4) is 0 Å². The molecule has 0 spiro atoms. The van der Waals surface area contributed by atoms with Crippen molar-refractivity contribution in [3.05, 3.63) is 41.2 Å². The molecular formula is C13H19N5. The molecule has 5 nitrogen and oxygen atoms in total. The summed E-state index contributed by atoms with van der Waals surface area (Å²) in [6, 6.07) is 8.58. The van der Waals surface area contributed by atoms with E-state index in [0.717, 1.165) is 5.82 Å². The summed E-state index contributed by atoms with van der Waals surface area (Å²) in [7, 11) is 1.90. The van der Waals surface area contributed by atoms with E-state index in [0.29, 0.717) is 0 Å². The largest absolute Gasteiger partial charge is 0.311 e. The molecule has 0 saturated heterocycles. The summed E-state index contributed by atoms with van der Waals surface area (Å²) >= 11 is 0. The molecule has 1 aromatic carbocycles. The molecule has 0 aliphatic carbocycles. The summed E-state index contributed by atoms with van der Waals surface area (Å²) in [6.45, 7) is 6.27. The maximum atomic E-state index is 4.12. The van der Waals surface area contributed by atoms with Gasteiger partial charge in [-0.2, -0.15) is 0 Å². The van der Waals surface area contributed by atoms with E-state index in [4.69, 9.17) is 0 Å². The van der Waals surface area contributed by atoms with Crippen molar-refractivity contribution in [2.24, 2.45) is 0 Å². The first-order chi connectivity index (χ1) is 8.65. The summed E-state index contributed by atoms with van der Waals surface area (Å²) < 4.78 is 1.88. The Balaban J connectivity index is 2.38. The zero-order valence-electron chi connectivity index (χ0n) is 11.3. The van der Waals surface area contributed by atoms with Crippen molar-refractivity contribution < 1.29 is 0 Å². The summed E-state index contributed by atoms with van der Waals surface area (Å²) in [5.41, 5.74) is 2.50. The van der Waals surface area contributed by atoms with Gasteiger partial charge in [-0.05, 0) is 49.4 Å². The summed E-state index contributed by atoms with van der Waals surface area (Å²) in [6.07, 6.45) is 0. The Hall–Kier alpha value is -1.75. The van der Waals surface area contributed by atoms with Crippen LogP contribution in [0.4, 0.5) is 0 Å². The topological polar surface area (TPSA) is 55.6 Å². The van der Waals surface area contributed by atoms with E-state index in [9.17, 15) is 0 Å². The lowest BCUT2D eigenvalue weighted by atomic mass is 10.0. The highest BCUT2D eigenvalue weighted by atomic mass is 15.6. The minimum absolute atomic E-state index is 0.131. The summed E-state index contributed by atoms with van der Waals surface area (Å²) in [5, 5.41) is 15.2. The molecule has 0 fully saturated rings. The van der Waals surface area contributed by atoms with Crippen LogP contribution in [-0.4, -0.2) is 27.3 Å². The van der Waals surface area contributed by atoms with Gasteiger partial charge in [0, 0.05) is 0 Å². The lowest BCUT2D eigenvalue weighted by molar-refractivity contribution is 0.481. The fourth-order valence-electron chi connectivity index (χ4n) is 2.08. The van der Waals surface area contributed by atoms with Crippen molar-refractivity contribution in [3.63, 3.8) is 0 Å². The van der Waals surface area contributed by atoms with E-state index in [2.05, 4.69) is 46.8 Å². The maximum absolute atomic E-state index is 4.12. The molecule has 2 aromatic rings. The van der Waals surface area contributed by atoms with Crippen molar-refractivity contribution in [2.45, 2.75) is 32.9 Å². The SMILES string of the molecule is CNC(C)c1nnnn1C(C)c1ccccc1C. The Labute approximate surface area is 107 Å². The van der Waals surface area contributed by atoms with E-state index in [-0.39, 0.29) is 12.1 Å². The summed E-state index contributed by atoms with van der Waals surface area (Å²) in [5.74, 6) is 0.855. The molecule has 0 saturated carbocycles. The molecule has 0 amide bonds. The first-order valence-electron chi connectivity index (χ1n) is 6.15. The molecule has 0 radical (unpaired) electrons. The Kier molecular flexibility index (Phi) is 3.72. The molecule has 96 valence electrons. The van der Waals surface area contributed by atoms with E-state index < -0.39 is 0 Å². The van der Waals surface area contributed by atoms with Gasteiger partial charge in [0.15, 0.2) is 5.82 Å². The third kappa shape index (κ3) is 2.26.